The molecule has 1 amide bonds. The van der Waals surface area contributed by atoms with Crippen molar-refractivity contribution in [2.24, 2.45) is 0 Å². The summed E-state index contributed by atoms with van der Waals surface area (Å²) < 4.78 is 28.3. The second kappa shape index (κ2) is 9.47. The molecule has 29 heavy (non-hydrogen) atoms. The van der Waals surface area contributed by atoms with E-state index < -0.39 is 10.0 Å². The van der Waals surface area contributed by atoms with Crippen LogP contribution < -0.4 is 5.32 Å². The van der Waals surface area contributed by atoms with E-state index in [9.17, 15) is 13.2 Å². The van der Waals surface area contributed by atoms with Crippen molar-refractivity contribution in [3.8, 4) is 0 Å². The van der Waals surface area contributed by atoms with Gasteiger partial charge in [-0.1, -0.05) is 47.0 Å². The highest BCUT2D eigenvalue weighted by molar-refractivity contribution is 7.89. The number of hydrogen-bond acceptors (Lipinski definition) is 3. The number of hydrogen-bond donors (Lipinski definition) is 1. The number of amides is 1. The molecular weight excluding hydrogens is 431 g/mol. The standard InChI is InChI=1S/C21H26Cl2N2O3S/c1-13(2)24-20(26)12-25(11-17-6-7-18(22)19(23)10-17)29(27,28)21-15(4)8-14(3)9-16(21)5/h6-10,13H,11-12H2,1-5H3,(H,24,26). The zero-order valence-corrected chi connectivity index (χ0v) is 19.5. The second-order valence-corrected chi connectivity index (χ2v) is 10.2. The molecule has 0 radical (unpaired) electrons. The number of carbonyl (C=O) groups is 1. The van der Waals surface area contributed by atoms with Crippen molar-refractivity contribution in [2.75, 3.05) is 6.54 Å². The molecule has 0 heterocycles. The average molecular weight is 457 g/mol. The first-order valence-corrected chi connectivity index (χ1v) is 11.4. The van der Waals surface area contributed by atoms with Crippen LogP contribution in [0, 0.1) is 20.8 Å². The predicted octanol–water partition coefficient (Wildman–Crippen LogP) is 4.63. The normalized spacial score (nSPS) is 11.9. The van der Waals surface area contributed by atoms with Gasteiger partial charge in [0.05, 0.1) is 21.5 Å². The van der Waals surface area contributed by atoms with E-state index in [2.05, 4.69) is 5.32 Å². The smallest absolute Gasteiger partial charge is 0.244 e. The van der Waals surface area contributed by atoms with Crippen molar-refractivity contribution >= 4 is 39.1 Å². The number of benzene rings is 2. The molecule has 158 valence electrons. The molecule has 0 saturated carbocycles. The average Bonchev–Trinajstić information content (AvgIpc) is 2.55. The first kappa shape index (κ1) is 23.7. The Morgan fingerprint density at radius 1 is 1.03 bits per heavy atom. The molecule has 5 nitrogen and oxygen atoms in total. The molecular formula is C21H26Cl2N2O3S. The van der Waals surface area contributed by atoms with Crippen molar-refractivity contribution in [2.45, 2.75) is 52.1 Å². The molecule has 0 aliphatic carbocycles. The monoisotopic (exact) mass is 456 g/mol. The highest BCUT2D eigenvalue weighted by Crippen LogP contribution is 2.28. The summed E-state index contributed by atoms with van der Waals surface area (Å²) in [6.07, 6.45) is 0. The van der Waals surface area contributed by atoms with Crippen LogP contribution in [0.1, 0.15) is 36.1 Å². The molecule has 8 heteroatoms. The lowest BCUT2D eigenvalue weighted by atomic mass is 10.1. The number of nitrogens with one attached hydrogen (secondary N) is 1. The summed E-state index contributed by atoms with van der Waals surface area (Å²) in [7, 11) is -3.93. The molecule has 2 aromatic rings. The van der Waals surface area contributed by atoms with E-state index in [1.165, 1.54) is 4.31 Å². The highest BCUT2D eigenvalue weighted by atomic mass is 35.5. The largest absolute Gasteiger partial charge is 0.353 e. The maximum atomic E-state index is 13.5. The molecule has 0 bridgehead atoms. The number of carbonyl (C=O) groups excluding carboxylic acids is 1. The zero-order chi connectivity index (χ0) is 21.9. The fraction of sp³-hybridized carbons (Fsp3) is 0.381. The first-order chi connectivity index (χ1) is 13.4. The topological polar surface area (TPSA) is 66.5 Å². The minimum absolute atomic E-state index is 0.00249. The van der Waals surface area contributed by atoms with Gasteiger partial charge in [0.2, 0.25) is 15.9 Å². The van der Waals surface area contributed by atoms with E-state index in [-0.39, 0.29) is 29.9 Å². The fourth-order valence-corrected chi connectivity index (χ4v) is 5.41. The lowest BCUT2D eigenvalue weighted by Crippen LogP contribution is -2.42. The first-order valence-electron chi connectivity index (χ1n) is 9.23. The van der Waals surface area contributed by atoms with E-state index >= 15 is 0 Å². The van der Waals surface area contributed by atoms with Crippen LogP contribution >= 0.6 is 23.2 Å². The van der Waals surface area contributed by atoms with E-state index in [1.54, 1.807) is 32.0 Å². The molecule has 0 saturated heterocycles. The third-order valence-corrected chi connectivity index (χ3v) is 7.15. The highest BCUT2D eigenvalue weighted by Gasteiger charge is 2.30. The quantitative estimate of drug-likeness (QED) is 0.659. The van der Waals surface area contributed by atoms with Gasteiger partial charge in [0, 0.05) is 12.6 Å². The van der Waals surface area contributed by atoms with E-state index in [0.29, 0.717) is 26.7 Å². The lowest BCUT2D eigenvalue weighted by molar-refractivity contribution is -0.121. The van der Waals surface area contributed by atoms with Crippen LogP contribution in [0.15, 0.2) is 35.2 Å². The van der Waals surface area contributed by atoms with Gasteiger partial charge in [-0.2, -0.15) is 4.31 Å². The van der Waals surface area contributed by atoms with Crippen LogP contribution in [0.5, 0.6) is 0 Å². The number of nitrogens with zero attached hydrogens (tertiary/aromatic N) is 1. The van der Waals surface area contributed by atoms with E-state index in [1.807, 2.05) is 32.9 Å². The molecule has 0 fully saturated rings. The Bertz CT molecular complexity index is 998. The van der Waals surface area contributed by atoms with Gasteiger partial charge in [-0.25, -0.2) is 8.42 Å². The molecule has 2 rings (SSSR count). The molecule has 0 aliphatic rings. The van der Waals surface area contributed by atoms with Gasteiger partial charge in [-0.15, -0.1) is 0 Å². The summed E-state index contributed by atoms with van der Waals surface area (Å²) in [5, 5.41) is 3.46. The molecule has 1 N–H and O–H groups in total. The van der Waals surface area contributed by atoms with Gasteiger partial charge < -0.3 is 5.32 Å². The van der Waals surface area contributed by atoms with Crippen LogP contribution in [-0.2, 0) is 21.4 Å². The number of rotatable bonds is 7. The van der Waals surface area contributed by atoms with Crippen LogP contribution in [0.25, 0.3) is 0 Å². The van der Waals surface area contributed by atoms with Crippen LogP contribution in [-0.4, -0.2) is 31.2 Å². The van der Waals surface area contributed by atoms with Gasteiger partial charge in [0.25, 0.3) is 0 Å². The van der Waals surface area contributed by atoms with Crippen molar-refractivity contribution in [3.05, 3.63) is 62.6 Å². The third kappa shape index (κ3) is 5.95. The maximum Gasteiger partial charge on any atom is 0.244 e. The van der Waals surface area contributed by atoms with Gasteiger partial charge >= 0.3 is 0 Å². The number of sulfonamides is 1. The molecule has 2 aromatic carbocycles. The molecule has 0 aliphatic heterocycles. The molecule has 0 atom stereocenters. The Labute approximate surface area is 183 Å². The third-order valence-electron chi connectivity index (χ3n) is 4.32. The zero-order valence-electron chi connectivity index (χ0n) is 17.2. The Morgan fingerprint density at radius 3 is 2.14 bits per heavy atom. The Kier molecular flexibility index (Phi) is 7.74. The van der Waals surface area contributed by atoms with E-state index in [0.717, 1.165) is 5.56 Å². The maximum absolute atomic E-state index is 13.5. The summed E-state index contributed by atoms with van der Waals surface area (Å²) in [5.74, 6) is -0.369. The lowest BCUT2D eigenvalue weighted by Gasteiger charge is -2.25. The SMILES string of the molecule is Cc1cc(C)c(S(=O)(=O)N(CC(=O)NC(C)C)Cc2ccc(Cl)c(Cl)c2)c(C)c1. The Morgan fingerprint density at radius 2 is 1.62 bits per heavy atom. The number of halogens is 2. The van der Waals surface area contributed by atoms with Crippen molar-refractivity contribution in [3.63, 3.8) is 0 Å². The van der Waals surface area contributed by atoms with Crippen molar-refractivity contribution < 1.29 is 13.2 Å². The van der Waals surface area contributed by atoms with Crippen molar-refractivity contribution in [1.29, 1.82) is 0 Å². The summed E-state index contributed by atoms with van der Waals surface area (Å²) in [4.78, 5) is 12.6. The molecule has 0 spiro atoms. The minimum atomic E-state index is -3.93. The fourth-order valence-electron chi connectivity index (χ4n) is 3.30. The van der Waals surface area contributed by atoms with E-state index in [4.69, 9.17) is 23.2 Å². The summed E-state index contributed by atoms with van der Waals surface area (Å²) >= 11 is 12.1. The summed E-state index contributed by atoms with van der Waals surface area (Å²) in [5.41, 5.74) is 2.91. The second-order valence-electron chi connectivity index (χ2n) is 7.47. The summed E-state index contributed by atoms with van der Waals surface area (Å²) in [6.45, 7) is 8.79. The van der Waals surface area contributed by atoms with Crippen LogP contribution in [0.3, 0.4) is 0 Å². The van der Waals surface area contributed by atoms with Gasteiger partial charge in [-0.05, 0) is 63.4 Å². The van der Waals surface area contributed by atoms with Crippen molar-refractivity contribution in [1.82, 2.24) is 9.62 Å². The number of aryl methyl sites for hydroxylation is 3. The Hall–Kier alpha value is -1.60. The van der Waals surface area contributed by atoms with Crippen LogP contribution in [0.2, 0.25) is 10.0 Å². The summed E-state index contributed by atoms with van der Waals surface area (Å²) in [6, 6.07) is 8.48. The van der Waals surface area contributed by atoms with Gasteiger partial charge in [0.1, 0.15) is 0 Å². The van der Waals surface area contributed by atoms with Crippen LogP contribution in [0.4, 0.5) is 0 Å². The van der Waals surface area contributed by atoms with Gasteiger partial charge in [-0.3, -0.25) is 4.79 Å². The minimum Gasteiger partial charge on any atom is -0.353 e. The molecule has 0 unspecified atom stereocenters. The predicted molar refractivity (Wildman–Crippen MR) is 118 cm³/mol. The Balaban J connectivity index is 2.50. The molecule has 0 aromatic heterocycles. The van der Waals surface area contributed by atoms with Gasteiger partial charge in [0.15, 0.2) is 0 Å².